The number of hydrogen-bond donors (Lipinski definition) is 0. The molecule has 7 aromatic carbocycles. The van der Waals surface area contributed by atoms with Crippen molar-refractivity contribution >= 4 is 88.5 Å². The Bertz CT molecular complexity index is 3400. The van der Waals surface area contributed by atoms with Gasteiger partial charge >= 0.3 is 0 Å². The fourth-order valence-electron chi connectivity index (χ4n) is 10.7. The summed E-state index contributed by atoms with van der Waals surface area (Å²) in [7, 11) is 0. The van der Waals surface area contributed by atoms with Crippen molar-refractivity contribution in [3.05, 3.63) is 144 Å². The summed E-state index contributed by atoms with van der Waals surface area (Å²) in [6, 6.07) is 49.5. The molecule has 58 heavy (non-hydrogen) atoms. The lowest BCUT2D eigenvalue weighted by atomic mass is 9.34. The number of para-hydroxylation sites is 2. The molecule has 10 aromatic rings. The number of benzene rings is 7. The summed E-state index contributed by atoms with van der Waals surface area (Å²) in [5.41, 5.74) is 19.9. The average molecular weight is 750 g/mol. The van der Waals surface area contributed by atoms with E-state index in [1.54, 1.807) is 0 Å². The van der Waals surface area contributed by atoms with Crippen LogP contribution in [0.25, 0.3) is 82.5 Å². The first-order valence-corrected chi connectivity index (χ1v) is 21.1. The van der Waals surface area contributed by atoms with Crippen LogP contribution in [0.2, 0.25) is 0 Å². The second kappa shape index (κ2) is 10.9. The molecule has 0 saturated carbocycles. The van der Waals surface area contributed by atoms with Crippen molar-refractivity contribution in [2.24, 2.45) is 0 Å². The standard InChI is InChI=1S/C54H48BN3/c1-52(2,3)31-19-24-43-38(28-31)36-22-26-46-49-50(36)57(43)44-25-20-32(53(4,5)6)29-40(44)55(49)39-23-27-45(56-41-16-12-10-14-34(41)35-15-11-13-17-42(35)56)48-37-21-18-33(54(7,8)9)30-47(37)58(46)51(39)48/h10-30H,1-9H3. The Morgan fingerprint density at radius 2 is 0.897 bits per heavy atom. The van der Waals surface area contributed by atoms with E-state index in [2.05, 4.69) is 203 Å². The Hall–Kier alpha value is -6.00. The molecule has 5 heterocycles. The molecule has 12 rings (SSSR count). The molecule has 2 aliphatic rings. The number of fused-ring (bicyclic) bond motifs is 14. The predicted molar refractivity (Wildman–Crippen MR) is 250 cm³/mol. The van der Waals surface area contributed by atoms with Crippen LogP contribution in [0.5, 0.6) is 0 Å². The summed E-state index contributed by atoms with van der Waals surface area (Å²) < 4.78 is 7.79. The van der Waals surface area contributed by atoms with Gasteiger partial charge in [-0.15, -0.1) is 0 Å². The SMILES string of the molecule is CC(C)(C)c1ccc2c(c1)B1c3c(ccc4c5cc(C(C)(C)C)ccc5n-2c34)-n2c3cc(C(C)(C)C)ccc3c3c(-n4c5ccccc5c5ccccc54)ccc1c32. The molecule has 0 fully saturated rings. The van der Waals surface area contributed by atoms with Gasteiger partial charge in [0.1, 0.15) is 0 Å². The van der Waals surface area contributed by atoms with Crippen molar-refractivity contribution in [2.45, 2.75) is 78.6 Å². The van der Waals surface area contributed by atoms with Crippen LogP contribution in [0.4, 0.5) is 0 Å². The molecule has 0 unspecified atom stereocenters. The van der Waals surface area contributed by atoms with E-state index in [0.29, 0.717) is 0 Å². The van der Waals surface area contributed by atoms with Crippen LogP contribution in [-0.2, 0) is 16.2 Å². The van der Waals surface area contributed by atoms with Gasteiger partial charge in [0.15, 0.2) is 0 Å². The van der Waals surface area contributed by atoms with Crippen LogP contribution >= 0.6 is 0 Å². The van der Waals surface area contributed by atoms with Crippen LogP contribution in [0.3, 0.4) is 0 Å². The lowest BCUT2D eigenvalue weighted by Crippen LogP contribution is -2.59. The Morgan fingerprint density at radius 3 is 1.59 bits per heavy atom. The zero-order valence-corrected chi connectivity index (χ0v) is 35.0. The highest BCUT2D eigenvalue weighted by Gasteiger charge is 2.42. The van der Waals surface area contributed by atoms with E-state index in [1.165, 1.54) is 116 Å². The fraction of sp³-hybridized carbons (Fsp3) is 0.222. The molecule has 2 aliphatic heterocycles. The summed E-state index contributed by atoms with van der Waals surface area (Å²) in [4.78, 5) is 0. The maximum atomic E-state index is 2.65. The monoisotopic (exact) mass is 749 g/mol. The minimum atomic E-state index is -0.00166. The molecule has 0 amide bonds. The van der Waals surface area contributed by atoms with Crippen LogP contribution < -0.4 is 16.4 Å². The minimum absolute atomic E-state index is 0.00166. The van der Waals surface area contributed by atoms with Gasteiger partial charge in [0, 0.05) is 43.7 Å². The molecule has 0 bridgehead atoms. The first-order chi connectivity index (χ1) is 27.7. The van der Waals surface area contributed by atoms with Gasteiger partial charge in [0.2, 0.25) is 0 Å². The smallest absolute Gasteiger partial charge is 0.252 e. The number of hydrogen-bond acceptors (Lipinski definition) is 0. The normalized spacial score (nSPS) is 13.9. The molecule has 282 valence electrons. The quantitative estimate of drug-likeness (QED) is 0.149. The van der Waals surface area contributed by atoms with Gasteiger partial charge in [-0.25, -0.2) is 0 Å². The second-order valence-corrected chi connectivity index (χ2v) is 20.3. The van der Waals surface area contributed by atoms with Crippen LogP contribution in [0.15, 0.2) is 127 Å². The fourth-order valence-corrected chi connectivity index (χ4v) is 10.7. The lowest BCUT2D eigenvalue weighted by Gasteiger charge is -2.34. The van der Waals surface area contributed by atoms with Gasteiger partial charge in [0.25, 0.3) is 6.71 Å². The summed E-state index contributed by atoms with van der Waals surface area (Å²) in [6.45, 7) is 21.1. The summed E-state index contributed by atoms with van der Waals surface area (Å²) in [5, 5.41) is 7.86. The summed E-state index contributed by atoms with van der Waals surface area (Å²) in [5.74, 6) is 0. The van der Waals surface area contributed by atoms with Gasteiger partial charge in [-0.1, -0.05) is 141 Å². The molecule has 3 nitrogen and oxygen atoms in total. The molecule has 0 aliphatic carbocycles. The molecular weight excluding hydrogens is 701 g/mol. The lowest BCUT2D eigenvalue weighted by molar-refractivity contribution is 0.590. The first kappa shape index (κ1) is 34.1. The van der Waals surface area contributed by atoms with Gasteiger partial charge < -0.3 is 13.7 Å². The van der Waals surface area contributed by atoms with Gasteiger partial charge in [-0.05, 0) is 97.9 Å². The Morgan fingerprint density at radius 1 is 0.362 bits per heavy atom. The third-order valence-corrected chi connectivity index (χ3v) is 13.7. The second-order valence-electron chi connectivity index (χ2n) is 20.3. The largest absolute Gasteiger partial charge is 0.310 e. The van der Waals surface area contributed by atoms with E-state index < -0.39 is 0 Å². The molecule has 0 radical (unpaired) electrons. The third-order valence-electron chi connectivity index (χ3n) is 13.7. The van der Waals surface area contributed by atoms with Crippen molar-refractivity contribution in [1.82, 2.24) is 13.7 Å². The maximum Gasteiger partial charge on any atom is 0.252 e. The Kier molecular flexibility index (Phi) is 6.42. The van der Waals surface area contributed by atoms with E-state index in [9.17, 15) is 0 Å². The number of rotatable bonds is 1. The van der Waals surface area contributed by atoms with Crippen LogP contribution in [0, 0.1) is 0 Å². The number of aromatic nitrogens is 3. The Labute approximate surface area is 340 Å². The van der Waals surface area contributed by atoms with Gasteiger partial charge in [0.05, 0.1) is 38.8 Å². The van der Waals surface area contributed by atoms with E-state index in [4.69, 9.17) is 0 Å². The minimum Gasteiger partial charge on any atom is -0.310 e. The van der Waals surface area contributed by atoms with E-state index >= 15 is 0 Å². The van der Waals surface area contributed by atoms with Crippen LogP contribution in [-0.4, -0.2) is 20.4 Å². The zero-order chi connectivity index (χ0) is 39.8. The van der Waals surface area contributed by atoms with Crippen molar-refractivity contribution in [3.63, 3.8) is 0 Å². The van der Waals surface area contributed by atoms with E-state index in [0.717, 1.165) is 0 Å². The molecule has 0 saturated heterocycles. The van der Waals surface area contributed by atoms with E-state index in [-0.39, 0.29) is 23.0 Å². The molecule has 0 N–H and O–H groups in total. The zero-order valence-electron chi connectivity index (χ0n) is 35.0. The maximum absolute atomic E-state index is 2.65. The molecule has 0 spiro atoms. The topological polar surface area (TPSA) is 14.8 Å². The van der Waals surface area contributed by atoms with Crippen molar-refractivity contribution in [3.8, 4) is 17.1 Å². The highest BCUT2D eigenvalue weighted by atomic mass is 15.0. The highest BCUT2D eigenvalue weighted by molar-refractivity contribution is 7.00. The average Bonchev–Trinajstić information content (AvgIpc) is 3.84. The summed E-state index contributed by atoms with van der Waals surface area (Å²) in [6.07, 6.45) is 0. The predicted octanol–water partition coefficient (Wildman–Crippen LogP) is 12.0. The van der Waals surface area contributed by atoms with Crippen molar-refractivity contribution in [2.75, 3.05) is 0 Å². The number of nitrogens with zero attached hydrogens (tertiary/aromatic N) is 3. The van der Waals surface area contributed by atoms with Crippen molar-refractivity contribution in [1.29, 1.82) is 0 Å². The highest BCUT2D eigenvalue weighted by Crippen LogP contribution is 2.44. The third kappa shape index (κ3) is 4.31. The first-order valence-electron chi connectivity index (χ1n) is 21.1. The van der Waals surface area contributed by atoms with Gasteiger partial charge in [-0.3, -0.25) is 0 Å². The Balaban J connectivity index is 1.29. The van der Waals surface area contributed by atoms with Gasteiger partial charge in [-0.2, -0.15) is 0 Å². The molecule has 4 heteroatoms. The molecular formula is C54H48BN3. The molecule has 0 atom stereocenters. The summed E-state index contributed by atoms with van der Waals surface area (Å²) >= 11 is 0. The van der Waals surface area contributed by atoms with Crippen LogP contribution in [0.1, 0.15) is 79.0 Å². The molecule has 3 aromatic heterocycles. The van der Waals surface area contributed by atoms with E-state index in [1.807, 2.05) is 0 Å². The van der Waals surface area contributed by atoms with Crippen molar-refractivity contribution < 1.29 is 0 Å².